The first kappa shape index (κ1) is 13.5. The molecule has 1 aromatic heterocycles. The van der Waals surface area contributed by atoms with E-state index in [1.165, 1.54) is 6.33 Å². The van der Waals surface area contributed by atoms with Crippen molar-refractivity contribution in [3.63, 3.8) is 0 Å². The number of aromatic nitrogens is 2. The summed E-state index contributed by atoms with van der Waals surface area (Å²) in [5.74, 6) is 1.00. The minimum Gasteiger partial charge on any atom is -0.367 e. The Morgan fingerprint density at radius 1 is 1.53 bits per heavy atom. The molecule has 8 nitrogen and oxygen atoms in total. The molecular formula is C11H18N6O2. The van der Waals surface area contributed by atoms with E-state index in [1.807, 2.05) is 0 Å². The van der Waals surface area contributed by atoms with Crippen molar-refractivity contribution in [3.8, 4) is 0 Å². The van der Waals surface area contributed by atoms with Crippen molar-refractivity contribution in [1.82, 2.24) is 14.9 Å². The van der Waals surface area contributed by atoms with Gasteiger partial charge in [-0.05, 0) is 25.9 Å². The third-order valence-corrected chi connectivity index (χ3v) is 3.29. The second kappa shape index (κ2) is 5.79. The average Bonchev–Trinajstić information content (AvgIpc) is 2.81. The highest BCUT2D eigenvalue weighted by molar-refractivity contribution is 5.68. The molecule has 1 unspecified atom stereocenters. The number of likely N-dealkylation sites (tertiary alicyclic amines) is 1. The Bertz CT molecular complexity index is 466. The van der Waals surface area contributed by atoms with E-state index in [0.29, 0.717) is 12.5 Å². The van der Waals surface area contributed by atoms with E-state index in [0.717, 1.165) is 19.5 Å². The van der Waals surface area contributed by atoms with Crippen LogP contribution in [-0.2, 0) is 0 Å². The molecule has 8 heteroatoms. The molecule has 0 saturated carbocycles. The van der Waals surface area contributed by atoms with Crippen LogP contribution in [0.3, 0.4) is 0 Å². The van der Waals surface area contributed by atoms with E-state index in [4.69, 9.17) is 0 Å². The summed E-state index contributed by atoms with van der Waals surface area (Å²) < 4.78 is 0. The second-order valence-electron chi connectivity index (χ2n) is 4.72. The molecule has 1 aromatic rings. The van der Waals surface area contributed by atoms with Crippen LogP contribution in [0.25, 0.3) is 0 Å². The van der Waals surface area contributed by atoms with Gasteiger partial charge in [0.15, 0.2) is 0 Å². The summed E-state index contributed by atoms with van der Waals surface area (Å²) in [6.07, 6.45) is 2.42. The Morgan fingerprint density at radius 3 is 2.84 bits per heavy atom. The van der Waals surface area contributed by atoms with Gasteiger partial charge in [-0.1, -0.05) is 0 Å². The predicted octanol–water partition coefficient (Wildman–Crippen LogP) is 0.790. The molecule has 2 heterocycles. The van der Waals surface area contributed by atoms with Crippen LogP contribution in [0.2, 0.25) is 0 Å². The molecule has 2 N–H and O–H groups in total. The van der Waals surface area contributed by atoms with Gasteiger partial charge in [-0.15, -0.1) is 0 Å². The predicted molar refractivity (Wildman–Crippen MR) is 72.3 cm³/mol. The van der Waals surface area contributed by atoms with E-state index in [9.17, 15) is 10.1 Å². The van der Waals surface area contributed by atoms with E-state index < -0.39 is 4.92 Å². The van der Waals surface area contributed by atoms with Crippen molar-refractivity contribution in [2.45, 2.75) is 6.42 Å². The first-order valence-electron chi connectivity index (χ1n) is 6.21. The van der Waals surface area contributed by atoms with Crippen molar-refractivity contribution in [2.75, 3.05) is 44.4 Å². The third-order valence-electron chi connectivity index (χ3n) is 3.29. The van der Waals surface area contributed by atoms with Crippen molar-refractivity contribution in [1.29, 1.82) is 0 Å². The summed E-state index contributed by atoms with van der Waals surface area (Å²) in [7, 11) is 3.68. The standard InChI is InChI=1S/C11H18N6O2/c1-12-10-9(17(18)19)11(15-7-14-10)13-5-8-3-4-16(2)6-8/h7-8H,3-6H2,1-2H3,(H2,12,13,14,15). The van der Waals surface area contributed by atoms with Crippen molar-refractivity contribution in [3.05, 3.63) is 16.4 Å². The molecule has 0 aliphatic carbocycles. The first-order valence-corrected chi connectivity index (χ1v) is 6.21. The maximum absolute atomic E-state index is 11.1. The van der Waals surface area contributed by atoms with Gasteiger partial charge in [0.05, 0.1) is 4.92 Å². The number of rotatable bonds is 5. The lowest BCUT2D eigenvalue weighted by Gasteiger charge is -2.12. The van der Waals surface area contributed by atoms with Crippen LogP contribution in [0.4, 0.5) is 17.3 Å². The highest BCUT2D eigenvalue weighted by atomic mass is 16.6. The Kier molecular flexibility index (Phi) is 4.10. The van der Waals surface area contributed by atoms with Gasteiger partial charge in [0.25, 0.3) is 0 Å². The lowest BCUT2D eigenvalue weighted by atomic mass is 10.1. The Balaban J connectivity index is 2.09. The minimum absolute atomic E-state index is 0.101. The van der Waals surface area contributed by atoms with Crippen molar-refractivity contribution in [2.24, 2.45) is 5.92 Å². The zero-order valence-corrected chi connectivity index (χ0v) is 11.1. The summed E-state index contributed by atoms with van der Waals surface area (Å²) in [5, 5.41) is 16.9. The number of hydrogen-bond donors (Lipinski definition) is 2. The third kappa shape index (κ3) is 3.08. The molecule has 1 atom stereocenters. The highest BCUT2D eigenvalue weighted by Crippen LogP contribution is 2.28. The van der Waals surface area contributed by atoms with Crippen LogP contribution in [0.1, 0.15) is 6.42 Å². The molecule has 0 radical (unpaired) electrons. The molecule has 1 saturated heterocycles. The topological polar surface area (TPSA) is 96.2 Å². The average molecular weight is 266 g/mol. The molecule has 104 valence electrons. The largest absolute Gasteiger partial charge is 0.367 e. The van der Waals surface area contributed by atoms with Crippen LogP contribution in [0.15, 0.2) is 6.33 Å². The number of anilines is 2. The molecule has 1 fully saturated rings. The monoisotopic (exact) mass is 266 g/mol. The fourth-order valence-electron chi connectivity index (χ4n) is 2.30. The molecular weight excluding hydrogens is 248 g/mol. The minimum atomic E-state index is -0.463. The van der Waals surface area contributed by atoms with Crippen LogP contribution in [0, 0.1) is 16.0 Å². The van der Waals surface area contributed by atoms with Crippen LogP contribution in [0.5, 0.6) is 0 Å². The summed E-state index contributed by atoms with van der Waals surface area (Å²) in [6.45, 7) is 2.76. The first-order chi connectivity index (χ1) is 9.11. The molecule has 1 aliphatic heterocycles. The van der Waals surface area contributed by atoms with E-state index in [2.05, 4.69) is 32.5 Å². The zero-order chi connectivity index (χ0) is 13.8. The lowest BCUT2D eigenvalue weighted by molar-refractivity contribution is -0.383. The molecule has 0 spiro atoms. The smallest absolute Gasteiger partial charge is 0.353 e. The van der Waals surface area contributed by atoms with Gasteiger partial charge in [0.1, 0.15) is 6.33 Å². The van der Waals surface area contributed by atoms with Gasteiger partial charge in [-0.25, -0.2) is 9.97 Å². The molecule has 19 heavy (non-hydrogen) atoms. The molecule has 0 bridgehead atoms. The quantitative estimate of drug-likeness (QED) is 0.600. The summed E-state index contributed by atoms with van der Waals surface area (Å²) in [4.78, 5) is 20.7. The van der Waals surface area contributed by atoms with E-state index in [-0.39, 0.29) is 17.3 Å². The summed E-state index contributed by atoms with van der Waals surface area (Å²) in [6, 6.07) is 0. The van der Waals surface area contributed by atoms with Gasteiger partial charge in [-0.2, -0.15) is 0 Å². The van der Waals surface area contributed by atoms with Gasteiger partial charge >= 0.3 is 5.69 Å². The molecule has 2 rings (SSSR count). The maximum atomic E-state index is 11.1. The van der Waals surface area contributed by atoms with Crippen molar-refractivity contribution >= 4 is 17.3 Å². The van der Waals surface area contributed by atoms with Crippen LogP contribution >= 0.6 is 0 Å². The Labute approximate surface area is 111 Å². The lowest BCUT2D eigenvalue weighted by Crippen LogP contribution is -2.20. The number of nitrogens with one attached hydrogen (secondary N) is 2. The van der Waals surface area contributed by atoms with Crippen LogP contribution < -0.4 is 10.6 Å². The van der Waals surface area contributed by atoms with E-state index in [1.54, 1.807) is 7.05 Å². The number of nitro groups is 1. The molecule has 1 aliphatic rings. The second-order valence-corrected chi connectivity index (χ2v) is 4.72. The summed E-state index contributed by atoms with van der Waals surface area (Å²) >= 11 is 0. The van der Waals surface area contributed by atoms with E-state index >= 15 is 0 Å². The number of hydrogen-bond acceptors (Lipinski definition) is 7. The fraction of sp³-hybridized carbons (Fsp3) is 0.636. The Hall–Kier alpha value is -1.96. The summed E-state index contributed by atoms with van der Waals surface area (Å²) in [5.41, 5.74) is -0.101. The SMILES string of the molecule is CNc1ncnc(NCC2CCN(C)C2)c1[N+](=O)[O-]. The van der Waals surface area contributed by atoms with Crippen molar-refractivity contribution < 1.29 is 4.92 Å². The fourth-order valence-corrected chi connectivity index (χ4v) is 2.30. The Morgan fingerprint density at radius 2 is 2.26 bits per heavy atom. The van der Waals surface area contributed by atoms with Gasteiger partial charge in [0.2, 0.25) is 11.6 Å². The number of nitrogens with zero attached hydrogens (tertiary/aromatic N) is 4. The van der Waals surface area contributed by atoms with Gasteiger partial charge in [0, 0.05) is 20.1 Å². The zero-order valence-electron chi connectivity index (χ0n) is 11.1. The van der Waals surface area contributed by atoms with Crippen LogP contribution in [-0.4, -0.2) is 53.5 Å². The van der Waals surface area contributed by atoms with Gasteiger partial charge in [-0.3, -0.25) is 10.1 Å². The molecule has 0 amide bonds. The highest BCUT2D eigenvalue weighted by Gasteiger charge is 2.24. The molecule has 0 aromatic carbocycles. The normalized spacial score (nSPS) is 19.4. The maximum Gasteiger partial charge on any atom is 0.353 e. The van der Waals surface area contributed by atoms with Gasteiger partial charge < -0.3 is 15.5 Å².